The van der Waals surface area contributed by atoms with Gasteiger partial charge in [-0.3, -0.25) is 4.79 Å². The first-order valence-corrected chi connectivity index (χ1v) is 5.85. The Labute approximate surface area is 106 Å². The van der Waals surface area contributed by atoms with Gasteiger partial charge < -0.3 is 9.47 Å². The summed E-state index contributed by atoms with van der Waals surface area (Å²) in [5, 5.41) is 9.22. The number of carbonyl (C=O) groups excluding carboxylic acids is 1. The lowest BCUT2D eigenvalue weighted by Crippen LogP contribution is -2.36. The lowest BCUT2D eigenvalue weighted by atomic mass is 9.65. The molecule has 4 nitrogen and oxygen atoms in total. The molecule has 1 aromatic rings. The molecule has 0 bridgehead atoms. The number of ketones is 1. The minimum absolute atomic E-state index is 0.160. The van der Waals surface area contributed by atoms with Gasteiger partial charge in [0.1, 0.15) is 16.9 Å². The fourth-order valence-corrected chi connectivity index (χ4v) is 2.17. The maximum absolute atomic E-state index is 12.5. The molecule has 1 aliphatic rings. The maximum atomic E-state index is 12.5. The van der Waals surface area contributed by atoms with Crippen LogP contribution in [-0.4, -0.2) is 20.0 Å². The van der Waals surface area contributed by atoms with E-state index in [4.69, 9.17) is 9.47 Å². The first-order chi connectivity index (χ1) is 8.66. The molecule has 1 fully saturated rings. The summed E-state index contributed by atoms with van der Waals surface area (Å²) in [7, 11) is 3.05. The van der Waals surface area contributed by atoms with E-state index in [0.717, 1.165) is 6.42 Å². The molecule has 0 radical (unpaired) electrons. The van der Waals surface area contributed by atoms with Gasteiger partial charge in [0.15, 0.2) is 5.78 Å². The number of hydrogen-bond donors (Lipinski definition) is 0. The number of methoxy groups -OCH3 is 2. The second-order valence-electron chi connectivity index (χ2n) is 4.44. The van der Waals surface area contributed by atoms with Crippen molar-refractivity contribution in [3.05, 3.63) is 23.8 Å². The van der Waals surface area contributed by atoms with E-state index in [1.807, 2.05) is 0 Å². The average Bonchev–Trinajstić information content (AvgIpc) is 2.37. The van der Waals surface area contributed by atoms with E-state index < -0.39 is 5.41 Å². The fraction of sp³-hybridized carbons (Fsp3) is 0.429. The lowest BCUT2D eigenvalue weighted by Gasteiger charge is -2.33. The second-order valence-corrected chi connectivity index (χ2v) is 4.44. The van der Waals surface area contributed by atoms with Crippen molar-refractivity contribution in [1.29, 1.82) is 5.26 Å². The Kier molecular flexibility index (Phi) is 3.24. The molecule has 0 aliphatic heterocycles. The van der Waals surface area contributed by atoms with Gasteiger partial charge in [-0.15, -0.1) is 0 Å². The predicted octanol–water partition coefficient (Wildman–Crippen LogP) is 2.58. The van der Waals surface area contributed by atoms with Crippen molar-refractivity contribution in [3.63, 3.8) is 0 Å². The Hall–Kier alpha value is -2.02. The predicted molar refractivity (Wildman–Crippen MR) is 65.8 cm³/mol. The summed E-state index contributed by atoms with van der Waals surface area (Å²) in [5.41, 5.74) is -0.433. The Bertz CT molecular complexity index is 512. The molecule has 1 aromatic carbocycles. The molecule has 94 valence electrons. The standard InChI is InChI=1S/C14H15NO3/c1-17-10-4-5-12(18-2)11(8-10)13(16)14(9-15)6-3-7-14/h4-5,8H,3,6-7H2,1-2H3. The highest BCUT2D eigenvalue weighted by atomic mass is 16.5. The Balaban J connectivity index is 2.43. The van der Waals surface area contributed by atoms with Gasteiger partial charge in [0.2, 0.25) is 0 Å². The highest BCUT2D eigenvalue weighted by molar-refractivity contribution is 6.05. The number of Topliss-reactive ketones (excluding diaryl/α,β-unsaturated/α-hetero) is 1. The van der Waals surface area contributed by atoms with E-state index in [1.165, 1.54) is 7.11 Å². The van der Waals surface area contributed by atoms with E-state index in [9.17, 15) is 10.1 Å². The quantitative estimate of drug-likeness (QED) is 0.765. The topological polar surface area (TPSA) is 59.3 Å². The molecule has 18 heavy (non-hydrogen) atoms. The summed E-state index contributed by atoms with van der Waals surface area (Å²) < 4.78 is 10.3. The number of benzene rings is 1. The summed E-state index contributed by atoms with van der Waals surface area (Å²) in [6.45, 7) is 0. The first-order valence-electron chi connectivity index (χ1n) is 5.85. The van der Waals surface area contributed by atoms with Crippen molar-refractivity contribution in [1.82, 2.24) is 0 Å². The van der Waals surface area contributed by atoms with Gasteiger partial charge in [0.05, 0.1) is 25.9 Å². The number of rotatable bonds is 4. The molecule has 0 unspecified atom stereocenters. The zero-order valence-corrected chi connectivity index (χ0v) is 10.5. The van der Waals surface area contributed by atoms with Gasteiger partial charge in [-0.25, -0.2) is 0 Å². The average molecular weight is 245 g/mol. The largest absolute Gasteiger partial charge is 0.497 e. The molecule has 0 saturated heterocycles. The SMILES string of the molecule is COc1ccc(OC)c(C(=O)C2(C#N)CCC2)c1. The molecular formula is C14H15NO3. The summed E-state index contributed by atoms with van der Waals surface area (Å²) in [6, 6.07) is 7.22. The summed E-state index contributed by atoms with van der Waals surface area (Å²) in [4.78, 5) is 12.5. The molecule has 1 saturated carbocycles. The molecule has 0 atom stereocenters. The minimum atomic E-state index is -0.861. The van der Waals surface area contributed by atoms with Crippen molar-refractivity contribution in [2.24, 2.45) is 5.41 Å². The number of hydrogen-bond acceptors (Lipinski definition) is 4. The van der Waals surface area contributed by atoms with Crippen LogP contribution in [0.3, 0.4) is 0 Å². The van der Waals surface area contributed by atoms with Crippen LogP contribution < -0.4 is 9.47 Å². The highest BCUT2D eigenvalue weighted by Crippen LogP contribution is 2.44. The van der Waals surface area contributed by atoms with Crippen LogP contribution in [0.5, 0.6) is 11.5 Å². The molecule has 1 aliphatic carbocycles. The zero-order valence-electron chi connectivity index (χ0n) is 10.5. The van der Waals surface area contributed by atoms with Gasteiger partial charge in [-0.05, 0) is 37.5 Å². The summed E-state index contributed by atoms with van der Waals surface area (Å²) in [6.07, 6.45) is 2.18. The number of carbonyl (C=O) groups is 1. The summed E-state index contributed by atoms with van der Waals surface area (Å²) >= 11 is 0. The van der Waals surface area contributed by atoms with Crippen LogP contribution in [0.4, 0.5) is 0 Å². The lowest BCUT2D eigenvalue weighted by molar-refractivity contribution is 0.0745. The van der Waals surface area contributed by atoms with Gasteiger partial charge in [-0.1, -0.05) is 0 Å². The van der Waals surface area contributed by atoms with Crippen LogP contribution >= 0.6 is 0 Å². The van der Waals surface area contributed by atoms with Gasteiger partial charge >= 0.3 is 0 Å². The molecule has 0 spiro atoms. The smallest absolute Gasteiger partial charge is 0.186 e. The first kappa shape index (κ1) is 12.4. The second kappa shape index (κ2) is 4.69. The number of nitrogens with zero attached hydrogens (tertiary/aromatic N) is 1. The van der Waals surface area contributed by atoms with Crippen LogP contribution in [0.2, 0.25) is 0 Å². The Morgan fingerprint density at radius 3 is 2.50 bits per heavy atom. The molecule has 0 amide bonds. The third kappa shape index (κ3) is 1.82. The van der Waals surface area contributed by atoms with Crippen LogP contribution in [0.15, 0.2) is 18.2 Å². The maximum Gasteiger partial charge on any atom is 0.186 e. The van der Waals surface area contributed by atoms with E-state index in [2.05, 4.69) is 6.07 Å². The Morgan fingerprint density at radius 2 is 2.06 bits per heavy atom. The third-order valence-corrected chi connectivity index (χ3v) is 3.51. The van der Waals surface area contributed by atoms with Gasteiger partial charge in [0, 0.05) is 0 Å². The molecule has 2 rings (SSSR count). The van der Waals surface area contributed by atoms with Gasteiger partial charge in [0.25, 0.3) is 0 Å². The van der Waals surface area contributed by atoms with Crippen LogP contribution in [0, 0.1) is 16.7 Å². The third-order valence-electron chi connectivity index (χ3n) is 3.51. The molecular weight excluding hydrogens is 230 g/mol. The van der Waals surface area contributed by atoms with E-state index in [1.54, 1.807) is 25.3 Å². The van der Waals surface area contributed by atoms with Crippen molar-refractivity contribution in [2.45, 2.75) is 19.3 Å². The Morgan fingerprint density at radius 1 is 1.33 bits per heavy atom. The molecule has 0 N–H and O–H groups in total. The van der Waals surface area contributed by atoms with Crippen molar-refractivity contribution in [3.8, 4) is 17.6 Å². The van der Waals surface area contributed by atoms with E-state index in [0.29, 0.717) is 29.9 Å². The number of ether oxygens (including phenoxy) is 2. The van der Waals surface area contributed by atoms with Gasteiger partial charge in [-0.2, -0.15) is 5.26 Å². The van der Waals surface area contributed by atoms with Crippen molar-refractivity contribution < 1.29 is 14.3 Å². The zero-order chi connectivity index (χ0) is 13.2. The van der Waals surface area contributed by atoms with Crippen molar-refractivity contribution >= 4 is 5.78 Å². The van der Waals surface area contributed by atoms with E-state index in [-0.39, 0.29) is 5.78 Å². The molecule has 4 heteroatoms. The minimum Gasteiger partial charge on any atom is -0.497 e. The monoisotopic (exact) mass is 245 g/mol. The molecule has 0 aromatic heterocycles. The van der Waals surface area contributed by atoms with Crippen LogP contribution in [0.25, 0.3) is 0 Å². The summed E-state index contributed by atoms with van der Waals surface area (Å²) in [5.74, 6) is 0.917. The van der Waals surface area contributed by atoms with Crippen LogP contribution in [0.1, 0.15) is 29.6 Å². The fourth-order valence-electron chi connectivity index (χ4n) is 2.17. The van der Waals surface area contributed by atoms with Crippen LogP contribution in [-0.2, 0) is 0 Å². The van der Waals surface area contributed by atoms with Crippen molar-refractivity contribution in [2.75, 3.05) is 14.2 Å². The van der Waals surface area contributed by atoms with E-state index >= 15 is 0 Å². The number of nitriles is 1. The normalized spacial score (nSPS) is 16.3. The molecule has 0 heterocycles. The highest BCUT2D eigenvalue weighted by Gasteiger charge is 2.45.